The molecule has 0 bridgehead atoms. The summed E-state index contributed by atoms with van der Waals surface area (Å²) in [6.45, 7) is 4.56. The molecule has 0 spiro atoms. The molecule has 0 radical (unpaired) electrons. The minimum atomic E-state index is 0.454. The van der Waals surface area contributed by atoms with Gasteiger partial charge in [0.2, 0.25) is 0 Å². The highest BCUT2D eigenvalue weighted by molar-refractivity contribution is 4.84. The fourth-order valence-corrected chi connectivity index (χ4v) is 2.35. The monoisotopic (exact) mass is 198 g/mol. The second kappa shape index (κ2) is 6.41. The fourth-order valence-electron chi connectivity index (χ4n) is 2.35. The summed E-state index contributed by atoms with van der Waals surface area (Å²) >= 11 is 0. The molecule has 0 amide bonds. The molecule has 84 valence electrons. The molecule has 0 aromatic rings. The van der Waals surface area contributed by atoms with Gasteiger partial charge >= 0.3 is 0 Å². The smallest absolute Gasteiger partial charge is 0.00848 e. The van der Waals surface area contributed by atoms with E-state index in [9.17, 15) is 0 Å². The van der Waals surface area contributed by atoms with Crippen molar-refractivity contribution in [2.24, 2.45) is 5.73 Å². The average molecular weight is 198 g/mol. The van der Waals surface area contributed by atoms with E-state index in [1.54, 1.807) is 0 Å². The second-order valence-electron chi connectivity index (χ2n) is 4.83. The first-order valence-corrected chi connectivity index (χ1v) is 6.24. The highest BCUT2D eigenvalue weighted by Crippen LogP contribution is 2.18. The standard InChI is InChI=1S/C12H26N2/c1-3-4-5-6-10(2)14-12-8-7-11(13)9-12/h10-12,14H,3-9,13H2,1-2H3. The summed E-state index contributed by atoms with van der Waals surface area (Å²) in [4.78, 5) is 0. The van der Waals surface area contributed by atoms with Crippen molar-refractivity contribution in [1.82, 2.24) is 5.32 Å². The van der Waals surface area contributed by atoms with Crippen LogP contribution >= 0.6 is 0 Å². The van der Waals surface area contributed by atoms with E-state index in [1.165, 1.54) is 44.9 Å². The van der Waals surface area contributed by atoms with Crippen LogP contribution in [0.4, 0.5) is 0 Å². The molecule has 0 aromatic heterocycles. The van der Waals surface area contributed by atoms with Crippen molar-refractivity contribution in [1.29, 1.82) is 0 Å². The van der Waals surface area contributed by atoms with Gasteiger partial charge in [0.15, 0.2) is 0 Å². The number of nitrogens with one attached hydrogen (secondary N) is 1. The van der Waals surface area contributed by atoms with Crippen molar-refractivity contribution in [3.05, 3.63) is 0 Å². The van der Waals surface area contributed by atoms with Crippen LogP contribution in [0.5, 0.6) is 0 Å². The Hall–Kier alpha value is -0.0800. The third-order valence-electron chi connectivity index (χ3n) is 3.23. The first-order valence-electron chi connectivity index (χ1n) is 6.24. The lowest BCUT2D eigenvalue weighted by molar-refractivity contribution is 0.416. The van der Waals surface area contributed by atoms with Gasteiger partial charge in [-0.15, -0.1) is 0 Å². The second-order valence-corrected chi connectivity index (χ2v) is 4.83. The molecule has 2 nitrogen and oxygen atoms in total. The number of hydrogen-bond acceptors (Lipinski definition) is 2. The van der Waals surface area contributed by atoms with Crippen LogP contribution in [0, 0.1) is 0 Å². The van der Waals surface area contributed by atoms with Gasteiger partial charge in [0.1, 0.15) is 0 Å². The van der Waals surface area contributed by atoms with E-state index in [0.29, 0.717) is 18.1 Å². The molecular formula is C12H26N2. The van der Waals surface area contributed by atoms with Gasteiger partial charge in [-0.25, -0.2) is 0 Å². The van der Waals surface area contributed by atoms with Crippen LogP contribution in [0.15, 0.2) is 0 Å². The van der Waals surface area contributed by atoms with Crippen LogP contribution in [0.1, 0.15) is 58.8 Å². The molecule has 3 N–H and O–H groups in total. The molecule has 1 rings (SSSR count). The SMILES string of the molecule is CCCCCC(C)NC1CCC(N)C1. The Bertz CT molecular complexity index is 147. The van der Waals surface area contributed by atoms with Crippen LogP contribution in [0.3, 0.4) is 0 Å². The zero-order valence-corrected chi connectivity index (χ0v) is 9.76. The van der Waals surface area contributed by atoms with Crippen molar-refractivity contribution in [2.75, 3.05) is 0 Å². The Labute approximate surface area is 88.6 Å². The highest BCUT2D eigenvalue weighted by atomic mass is 15.0. The molecule has 1 fully saturated rings. The lowest BCUT2D eigenvalue weighted by Crippen LogP contribution is -2.35. The zero-order chi connectivity index (χ0) is 10.4. The molecule has 1 aliphatic carbocycles. The molecule has 0 aromatic carbocycles. The Kier molecular flexibility index (Phi) is 5.49. The van der Waals surface area contributed by atoms with Gasteiger partial charge in [-0.05, 0) is 32.6 Å². The average Bonchev–Trinajstić information content (AvgIpc) is 2.52. The number of nitrogens with two attached hydrogens (primary N) is 1. The third-order valence-corrected chi connectivity index (χ3v) is 3.23. The third kappa shape index (κ3) is 4.43. The van der Waals surface area contributed by atoms with E-state index in [1.807, 2.05) is 0 Å². The Morgan fingerprint density at radius 2 is 2.14 bits per heavy atom. The van der Waals surface area contributed by atoms with Gasteiger partial charge in [0.25, 0.3) is 0 Å². The summed E-state index contributed by atoms with van der Waals surface area (Å²) in [7, 11) is 0. The molecule has 1 saturated carbocycles. The van der Waals surface area contributed by atoms with Crippen LogP contribution in [0.25, 0.3) is 0 Å². The molecule has 14 heavy (non-hydrogen) atoms. The van der Waals surface area contributed by atoms with Gasteiger partial charge < -0.3 is 11.1 Å². The lowest BCUT2D eigenvalue weighted by atomic mass is 10.1. The van der Waals surface area contributed by atoms with Crippen LogP contribution in [-0.2, 0) is 0 Å². The summed E-state index contributed by atoms with van der Waals surface area (Å²) in [6.07, 6.45) is 9.04. The normalized spacial score (nSPS) is 29.4. The van der Waals surface area contributed by atoms with Crippen LogP contribution in [-0.4, -0.2) is 18.1 Å². The Balaban J connectivity index is 2.05. The summed E-state index contributed by atoms with van der Waals surface area (Å²) in [5.41, 5.74) is 5.88. The summed E-state index contributed by atoms with van der Waals surface area (Å²) in [6, 6.07) is 1.83. The van der Waals surface area contributed by atoms with Gasteiger partial charge in [-0.3, -0.25) is 0 Å². The minimum absolute atomic E-state index is 0.454. The highest BCUT2D eigenvalue weighted by Gasteiger charge is 2.22. The molecule has 0 heterocycles. The first-order chi connectivity index (χ1) is 6.72. The fraction of sp³-hybridized carbons (Fsp3) is 1.00. The predicted octanol–water partition coefficient (Wildman–Crippen LogP) is 2.42. The predicted molar refractivity (Wildman–Crippen MR) is 62.4 cm³/mol. The molecule has 3 unspecified atom stereocenters. The van der Waals surface area contributed by atoms with Crippen molar-refractivity contribution >= 4 is 0 Å². The zero-order valence-electron chi connectivity index (χ0n) is 9.76. The molecule has 2 heteroatoms. The lowest BCUT2D eigenvalue weighted by Gasteiger charge is -2.19. The topological polar surface area (TPSA) is 38.0 Å². The number of rotatable bonds is 6. The van der Waals surface area contributed by atoms with E-state index >= 15 is 0 Å². The van der Waals surface area contributed by atoms with Gasteiger partial charge in [-0.2, -0.15) is 0 Å². The van der Waals surface area contributed by atoms with E-state index in [4.69, 9.17) is 5.73 Å². The molecule has 0 saturated heterocycles. The van der Waals surface area contributed by atoms with Gasteiger partial charge in [-0.1, -0.05) is 26.2 Å². The largest absolute Gasteiger partial charge is 0.328 e. The van der Waals surface area contributed by atoms with Crippen LogP contribution < -0.4 is 11.1 Å². The van der Waals surface area contributed by atoms with Crippen molar-refractivity contribution in [3.8, 4) is 0 Å². The quantitative estimate of drug-likeness (QED) is 0.643. The molecule has 1 aliphatic rings. The minimum Gasteiger partial charge on any atom is -0.328 e. The van der Waals surface area contributed by atoms with Gasteiger partial charge in [0, 0.05) is 18.1 Å². The maximum absolute atomic E-state index is 5.88. The number of unbranched alkanes of at least 4 members (excludes halogenated alkanes) is 2. The Morgan fingerprint density at radius 3 is 2.71 bits per heavy atom. The van der Waals surface area contributed by atoms with E-state index < -0.39 is 0 Å². The van der Waals surface area contributed by atoms with Crippen molar-refractivity contribution in [3.63, 3.8) is 0 Å². The number of hydrogen-bond donors (Lipinski definition) is 2. The van der Waals surface area contributed by atoms with E-state index in [0.717, 1.165) is 0 Å². The molecular weight excluding hydrogens is 172 g/mol. The maximum Gasteiger partial charge on any atom is 0.00848 e. The van der Waals surface area contributed by atoms with Gasteiger partial charge in [0.05, 0.1) is 0 Å². The molecule has 3 atom stereocenters. The first kappa shape index (κ1) is 12.0. The summed E-state index contributed by atoms with van der Waals surface area (Å²) in [5.74, 6) is 0. The maximum atomic E-state index is 5.88. The van der Waals surface area contributed by atoms with E-state index in [2.05, 4.69) is 19.2 Å². The summed E-state index contributed by atoms with van der Waals surface area (Å²) < 4.78 is 0. The van der Waals surface area contributed by atoms with E-state index in [-0.39, 0.29) is 0 Å². The van der Waals surface area contributed by atoms with Crippen LogP contribution in [0.2, 0.25) is 0 Å². The van der Waals surface area contributed by atoms with Crippen molar-refractivity contribution in [2.45, 2.75) is 76.9 Å². The van der Waals surface area contributed by atoms with Crippen molar-refractivity contribution < 1.29 is 0 Å². The molecule has 0 aliphatic heterocycles. The summed E-state index contributed by atoms with van der Waals surface area (Å²) in [5, 5.41) is 3.69. The Morgan fingerprint density at radius 1 is 1.36 bits per heavy atom.